The second-order valence-electron chi connectivity index (χ2n) is 5.01. The van der Waals surface area contributed by atoms with Crippen LogP contribution in [0.4, 0.5) is 5.69 Å². The first kappa shape index (κ1) is 17.8. The quantitative estimate of drug-likeness (QED) is 0.711. The molecule has 0 heterocycles. The van der Waals surface area contributed by atoms with E-state index < -0.39 is 10.0 Å². The third kappa shape index (κ3) is 4.61. The molecule has 0 amide bonds. The number of hydrogen-bond acceptors (Lipinski definition) is 4. The van der Waals surface area contributed by atoms with E-state index in [9.17, 15) is 8.42 Å². The molecule has 120 valence electrons. The Labute approximate surface area is 128 Å². The maximum absolute atomic E-state index is 12.8. The Morgan fingerprint density at radius 2 is 1.71 bits per heavy atom. The fraction of sp³-hybridized carbons (Fsp3) is 0.600. The minimum atomic E-state index is -3.50. The van der Waals surface area contributed by atoms with E-state index in [1.54, 1.807) is 10.4 Å². The third-order valence-corrected chi connectivity index (χ3v) is 5.26. The van der Waals surface area contributed by atoms with E-state index in [0.717, 1.165) is 25.7 Å². The number of nitrogens with two attached hydrogens (primary N) is 1. The fourth-order valence-corrected chi connectivity index (χ4v) is 3.56. The lowest BCUT2D eigenvalue weighted by molar-refractivity contribution is 0.393. The van der Waals surface area contributed by atoms with Gasteiger partial charge < -0.3 is 10.5 Å². The zero-order valence-electron chi connectivity index (χ0n) is 13.1. The van der Waals surface area contributed by atoms with E-state index >= 15 is 0 Å². The van der Waals surface area contributed by atoms with Gasteiger partial charge in [-0.25, -0.2) is 8.42 Å². The molecule has 0 spiro atoms. The van der Waals surface area contributed by atoms with Crippen LogP contribution in [0.2, 0.25) is 0 Å². The molecule has 21 heavy (non-hydrogen) atoms. The number of ether oxygens (including phenoxy) is 1. The van der Waals surface area contributed by atoms with Crippen molar-refractivity contribution in [1.82, 2.24) is 4.31 Å². The Hall–Kier alpha value is -1.27. The van der Waals surface area contributed by atoms with Crippen molar-refractivity contribution >= 4 is 15.7 Å². The van der Waals surface area contributed by atoms with Gasteiger partial charge in [0.05, 0.1) is 17.7 Å². The molecular formula is C15H26N2O3S. The van der Waals surface area contributed by atoms with E-state index in [4.69, 9.17) is 10.5 Å². The molecule has 0 aromatic heterocycles. The smallest absolute Gasteiger partial charge is 0.243 e. The molecule has 0 bridgehead atoms. The Morgan fingerprint density at radius 1 is 1.14 bits per heavy atom. The largest absolute Gasteiger partial charge is 0.495 e. The number of nitrogens with zero attached hydrogens (tertiary/aromatic N) is 1. The minimum Gasteiger partial charge on any atom is -0.495 e. The summed E-state index contributed by atoms with van der Waals surface area (Å²) in [7, 11) is -2.02. The molecule has 5 nitrogen and oxygen atoms in total. The van der Waals surface area contributed by atoms with Crippen molar-refractivity contribution in [3.05, 3.63) is 18.2 Å². The molecule has 0 fully saturated rings. The van der Waals surface area contributed by atoms with Crippen molar-refractivity contribution in [3.8, 4) is 5.75 Å². The summed E-state index contributed by atoms with van der Waals surface area (Å²) in [5.41, 5.74) is 6.18. The molecule has 0 aliphatic heterocycles. The van der Waals surface area contributed by atoms with Gasteiger partial charge in [0.15, 0.2) is 0 Å². The van der Waals surface area contributed by atoms with Gasteiger partial charge in [-0.2, -0.15) is 4.31 Å². The molecule has 1 rings (SSSR count). The van der Waals surface area contributed by atoms with Gasteiger partial charge in [-0.1, -0.05) is 26.7 Å². The molecule has 2 N–H and O–H groups in total. The highest BCUT2D eigenvalue weighted by Crippen LogP contribution is 2.27. The number of methoxy groups -OCH3 is 1. The molecule has 0 aliphatic carbocycles. The molecular weight excluding hydrogens is 288 g/mol. The summed E-state index contributed by atoms with van der Waals surface area (Å²) in [5, 5.41) is 0. The Balaban J connectivity index is 3.08. The molecule has 0 unspecified atom stereocenters. The summed E-state index contributed by atoms with van der Waals surface area (Å²) in [4.78, 5) is 0.237. The molecule has 6 heteroatoms. The zero-order valence-corrected chi connectivity index (χ0v) is 13.9. The maximum Gasteiger partial charge on any atom is 0.243 e. The number of nitrogen functional groups attached to an aromatic ring is 1. The van der Waals surface area contributed by atoms with E-state index in [1.807, 2.05) is 0 Å². The Bertz CT molecular complexity index is 536. The predicted octanol–water partition coefficient (Wildman–Crippen LogP) is 2.87. The van der Waals surface area contributed by atoms with E-state index in [1.165, 1.54) is 19.2 Å². The molecule has 0 saturated carbocycles. The predicted molar refractivity (Wildman–Crippen MR) is 86.0 cm³/mol. The van der Waals surface area contributed by atoms with Crippen LogP contribution in [0.3, 0.4) is 0 Å². The summed E-state index contributed by atoms with van der Waals surface area (Å²) >= 11 is 0. The molecule has 0 saturated heterocycles. The van der Waals surface area contributed by atoms with Crippen molar-refractivity contribution in [3.63, 3.8) is 0 Å². The normalized spacial score (nSPS) is 11.8. The standard InChI is InChI=1S/C15H26N2O3S/c1-4-6-10-17(11-7-5-2)21(18,19)13-8-9-14(16)15(12-13)20-3/h8-9,12H,4-7,10-11,16H2,1-3H3. The number of benzene rings is 1. The highest BCUT2D eigenvalue weighted by molar-refractivity contribution is 7.89. The second-order valence-corrected chi connectivity index (χ2v) is 6.95. The summed E-state index contributed by atoms with van der Waals surface area (Å²) in [5.74, 6) is 0.391. The SMILES string of the molecule is CCCCN(CCCC)S(=O)(=O)c1ccc(N)c(OC)c1. The third-order valence-electron chi connectivity index (χ3n) is 3.36. The van der Waals surface area contributed by atoms with Gasteiger partial charge in [0, 0.05) is 19.2 Å². The van der Waals surface area contributed by atoms with E-state index in [-0.39, 0.29) is 4.90 Å². The summed E-state index contributed by atoms with van der Waals surface area (Å²) < 4.78 is 32.2. The van der Waals surface area contributed by atoms with Crippen molar-refractivity contribution in [2.75, 3.05) is 25.9 Å². The van der Waals surface area contributed by atoms with Gasteiger partial charge in [-0.15, -0.1) is 0 Å². The number of unbranched alkanes of at least 4 members (excludes halogenated alkanes) is 2. The molecule has 1 aromatic rings. The van der Waals surface area contributed by atoms with Gasteiger partial charge in [0.1, 0.15) is 5.75 Å². The lowest BCUT2D eigenvalue weighted by atomic mass is 10.3. The van der Waals surface area contributed by atoms with Crippen molar-refractivity contribution < 1.29 is 13.2 Å². The first-order valence-electron chi connectivity index (χ1n) is 7.41. The highest BCUT2D eigenvalue weighted by atomic mass is 32.2. The summed E-state index contributed by atoms with van der Waals surface area (Å²) in [6.07, 6.45) is 3.64. The molecule has 1 aromatic carbocycles. The Kier molecular flexibility index (Phi) is 6.98. The second kappa shape index (κ2) is 8.24. The van der Waals surface area contributed by atoms with Gasteiger partial charge in [-0.05, 0) is 25.0 Å². The van der Waals surface area contributed by atoms with Crippen LogP contribution in [0.5, 0.6) is 5.75 Å². The van der Waals surface area contributed by atoms with E-state index in [2.05, 4.69) is 13.8 Å². The Morgan fingerprint density at radius 3 is 2.19 bits per heavy atom. The van der Waals surface area contributed by atoms with E-state index in [0.29, 0.717) is 24.5 Å². The summed E-state index contributed by atoms with van der Waals surface area (Å²) in [6, 6.07) is 4.61. The average Bonchev–Trinajstić information content (AvgIpc) is 2.47. The van der Waals surface area contributed by atoms with Crippen LogP contribution in [-0.4, -0.2) is 32.9 Å². The van der Waals surface area contributed by atoms with Gasteiger partial charge in [0.25, 0.3) is 0 Å². The van der Waals surface area contributed by atoms with Gasteiger partial charge in [0.2, 0.25) is 10.0 Å². The van der Waals surface area contributed by atoms with Crippen LogP contribution in [-0.2, 0) is 10.0 Å². The van der Waals surface area contributed by atoms with Crippen LogP contribution in [0.15, 0.2) is 23.1 Å². The topological polar surface area (TPSA) is 72.6 Å². The zero-order chi connectivity index (χ0) is 15.9. The average molecular weight is 314 g/mol. The number of anilines is 1. The molecule has 0 radical (unpaired) electrons. The first-order valence-corrected chi connectivity index (χ1v) is 8.85. The van der Waals surface area contributed by atoms with Crippen molar-refractivity contribution in [2.24, 2.45) is 0 Å². The first-order chi connectivity index (χ1) is 9.97. The highest BCUT2D eigenvalue weighted by Gasteiger charge is 2.24. The van der Waals surface area contributed by atoms with Crippen LogP contribution >= 0.6 is 0 Å². The van der Waals surface area contributed by atoms with Gasteiger partial charge >= 0.3 is 0 Å². The monoisotopic (exact) mass is 314 g/mol. The lowest BCUT2D eigenvalue weighted by Crippen LogP contribution is -2.33. The fourth-order valence-electron chi connectivity index (χ4n) is 2.02. The maximum atomic E-state index is 12.8. The molecule has 0 aliphatic rings. The number of hydrogen-bond donors (Lipinski definition) is 1. The lowest BCUT2D eigenvalue weighted by Gasteiger charge is -2.22. The summed E-state index contributed by atoms with van der Waals surface area (Å²) in [6.45, 7) is 5.20. The van der Waals surface area contributed by atoms with Crippen LogP contribution in [0.1, 0.15) is 39.5 Å². The van der Waals surface area contributed by atoms with Crippen LogP contribution in [0, 0.1) is 0 Å². The number of rotatable bonds is 9. The van der Waals surface area contributed by atoms with Crippen molar-refractivity contribution in [1.29, 1.82) is 0 Å². The van der Waals surface area contributed by atoms with Gasteiger partial charge in [-0.3, -0.25) is 0 Å². The number of sulfonamides is 1. The molecule has 0 atom stereocenters. The van der Waals surface area contributed by atoms with Crippen LogP contribution < -0.4 is 10.5 Å². The minimum absolute atomic E-state index is 0.237. The van der Waals surface area contributed by atoms with Crippen LogP contribution in [0.25, 0.3) is 0 Å². The van der Waals surface area contributed by atoms with Crippen molar-refractivity contribution in [2.45, 2.75) is 44.4 Å².